The van der Waals surface area contributed by atoms with Gasteiger partial charge in [0.2, 0.25) is 15.9 Å². The Kier molecular flexibility index (Phi) is 6.13. The van der Waals surface area contributed by atoms with Crippen LogP contribution in [-0.4, -0.2) is 51.3 Å². The Hall–Kier alpha value is -2.20. The Bertz CT molecular complexity index is 994. The highest BCUT2D eigenvalue weighted by atomic mass is 32.2. The molecule has 3 heterocycles. The third-order valence-corrected chi connectivity index (χ3v) is 7.44. The van der Waals surface area contributed by atoms with Crippen LogP contribution in [0.5, 0.6) is 0 Å². The van der Waals surface area contributed by atoms with Crippen LogP contribution < -0.4 is 5.32 Å². The van der Waals surface area contributed by atoms with Gasteiger partial charge in [-0.25, -0.2) is 8.42 Å². The van der Waals surface area contributed by atoms with E-state index < -0.39 is 10.0 Å². The summed E-state index contributed by atoms with van der Waals surface area (Å²) in [6, 6.07) is -0.187. The molecule has 1 N–H and O–H groups in total. The van der Waals surface area contributed by atoms with Gasteiger partial charge in [0.25, 0.3) is 0 Å². The second-order valence-electron chi connectivity index (χ2n) is 7.71. The summed E-state index contributed by atoms with van der Waals surface area (Å²) in [6.07, 6.45) is 4.79. The molecule has 0 bridgehead atoms. The third-order valence-electron chi connectivity index (χ3n) is 5.47. The first-order valence-electron chi connectivity index (χ1n) is 9.98. The molecule has 0 aliphatic carbocycles. The smallest absolute Gasteiger partial charge is 0.246 e. The van der Waals surface area contributed by atoms with Crippen LogP contribution in [0.1, 0.15) is 49.7 Å². The molecule has 1 aliphatic rings. The normalized spacial score (nSPS) is 19.3. The van der Waals surface area contributed by atoms with Crippen molar-refractivity contribution in [3.63, 3.8) is 0 Å². The third kappa shape index (κ3) is 4.37. The molecule has 1 amide bonds. The first-order chi connectivity index (χ1) is 13.6. The van der Waals surface area contributed by atoms with Crippen molar-refractivity contribution in [1.29, 1.82) is 0 Å². The van der Waals surface area contributed by atoms with E-state index in [1.807, 2.05) is 34.0 Å². The molecule has 2 aromatic rings. The van der Waals surface area contributed by atoms with Gasteiger partial charge in [0.15, 0.2) is 0 Å². The monoisotopic (exact) mass is 422 g/mol. The van der Waals surface area contributed by atoms with E-state index in [1.165, 1.54) is 4.31 Å². The lowest BCUT2D eigenvalue weighted by Gasteiger charge is -2.31. The van der Waals surface area contributed by atoms with Crippen molar-refractivity contribution < 1.29 is 13.2 Å². The van der Waals surface area contributed by atoms with Crippen LogP contribution in [0, 0.1) is 19.8 Å². The summed E-state index contributed by atoms with van der Waals surface area (Å²) >= 11 is 0. The average Bonchev–Trinajstić information content (AvgIpc) is 3.23. The first kappa shape index (κ1) is 21.5. The topological polar surface area (TPSA) is 102 Å². The van der Waals surface area contributed by atoms with Crippen LogP contribution in [0.15, 0.2) is 17.3 Å². The van der Waals surface area contributed by atoms with E-state index in [-0.39, 0.29) is 29.3 Å². The average molecular weight is 423 g/mol. The fourth-order valence-electron chi connectivity index (χ4n) is 3.88. The number of carbonyl (C=O) groups is 1. The number of piperidine rings is 1. The zero-order valence-electron chi connectivity index (χ0n) is 17.7. The fourth-order valence-corrected chi connectivity index (χ4v) is 5.57. The predicted octanol–water partition coefficient (Wildman–Crippen LogP) is 1.53. The number of nitrogens with one attached hydrogen (secondary N) is 1. The van der Waals surface area contributed by atoms with Crippen molar-refractivity contribution in [2.24, 2.45) is 13.0 Å². The Balaban J connectivity index is 1.72. The molecule has 0 aromatic carbocycles. The Morgan fingerprint density at radius 1 is 1.28 bits per heavy atom. The number of nitrogens with zero attached hydrogens (tertiary/aromatic N) is 5. The minimum absolute atomic E-state index is 0.123. The predicted molar refractivity (Wildman–Crippen MR) is 109 cm³/mol. The molecule has 160 valence electrons. The molecule has 0 saturated carbocycles. The van der Waals surface area contributed by atoms with E-state index in [0.717, 1.165) is 11.3 Å². The maximum absolute atomic E-state index is 13.1. The summed E-state index contributed by atoms with van der Waals surface area (Å²) in [5, 5.41) is 11.6. The molecule has 2 atom stereocenters. The number of sulfonamides is 1. The van der Waals surface area contributed by atoms with Gasteiger partial charge in [-0.15, -0.1) is 0 Å². The van der Waals surface area contributed by atoms with Crippen LogP contribution in [0.4, 0.5) is 0 Å². The first-order valence-corrected chi connectivity index (χ1v) is 11.4. The highest BCUT2D eigenvalue weighted by molar-refractivity contribution is 7.89. The molecule has 9 nitrogen and oxygen atoms in total. The van der Waals surface area contributed by atoms with Crippen LogP contribution in [0.25, 0.3) is 0 Å². The van der Waals surface area contributed by atoms with Crippen LogP contribution in [0.2, 0.25) is 0 Å². The van der Waals surface area contributed by atoms with Gasteiger partial charge in [0.05, 0.1) is 23.3 Å². The van der Waals surface area contributed by atoms with Gasteiger partial charge in [-0.3, -0.25) is 14.2 Å². The van der Waals surface area contributed by atoms with Gasteiger partial charge in [-0.05, 0) is 40.5 Å². The van der Waals surface area contributed by atoms with E-state index in [0.29, 0.717) is 31.6 Å². The summed E-state index contributed by atoms with van der Waals surface area (Å²) in [6.45, 7) is 8.64. The molecule has 1 saturated heterocycles. The number of aryl methyl sites for hydroxylation is 4. The molecule has 0 spiro atoms. The highest BCUT2D eigenvalue weighted by Gasteiger charge is 2.35. The molecule has 10 heteroatoms. The van der Waals surface area contributed by atoms with Crippen molar-refractivity contribution in [2.75, 3.05) is 13.1 Å². The molecule has 29 heavy (non-hydrogen) atoms. The van der Waals surface area contributed by atoms with E-state index in [9.17, 15) is 13.2 Å². The molecule has 1 fully saturated rings. The minimum Gasteiger partial charge on any atom is -0.349 e. The van der Waals surface area contributed by atoms with E-state index in [4.69, 9.17) is 0 Å². The second-order valence-corrected chi connectivity index (χ2v) is 9.62. The molecule has 3 rings (SSSR count). The SMILES string of the molecule is CCn1cc(S(=O)(=O)N2CCC[C@H](C(=O)N[C@@H](C)c3cn(C)nc3C)C2)c(C)n1. The van der Waals surface area contributed by atoms with Crippen molar-refractivity contribution in [2.45, 2.75) is 58.0 Å². The van der Waals surface area contributed by atoms with Gasteiger partial charge in [0, 0.05) is 44.6 Å². The Morgan fingerprint density at radius 3 is 2.59 bits per heavy atom. The van der Waals surface area contributed by atoms with Gasteiger partial charge >= 0.3 is 0 Å². The molecule has 0 radical (unpaired) electrons. The Morgan fingerprint density at radius 2 is 2.00 bits per heavy atom. The summed E-state index contributed by atoms with van der Waals surface area (Å²) in [4.78, 5) is 13.1. The van der Waals surface area contributed by atoms with E-state index in [1.54, 1.807) is 22.5 Å². The van der Waals surface area contributed by atoms with Gasteiger partial charge < -0.3 is 5.32 Å². The summed E-state index contributed by atoms with van der Waals surface area (Å²) in [5.74, 6) is -0.499. The molecule has 1 aliphatic heterocycles. The van der Waals surface area contributed by atoms with E-state index >= 15 is 0 Å². The maximum Gasteiger partial charge on any atom is 0.246 e. The minimum atomic E-state index is -3.68. The lowest BCUT2D eigenvalue weighted by Crippen LogP contribution is -2.45. The fraction of sp³-hybridized carbons (Fsp3) is 0.632. The summed E-state index contributed by atoms with van der Waals surface area (Å²) in [7, 11) is -1.83. The van der Waals surface area contributed by atoms with Crippen LogP contribution in [-0.2, 0) is 28.4 Å². The van der Waals surface area contributed by atoms with Crippen molar-refractivity contribution in [3.05, 3.63) is 29.3 Å². The largest absolute Gasteiger partial charge is 0.349 e. The zero-order chi connectivity index (χ0) is 21.3. The molecule has 2 aromatic heterocycles. The van der Waals surface area contributed by atoms with Crippen LogP contribution >= 0.6 is 0 Å². The van der Waals surface area contributed by atoms with Crippen molar-refractivity contribution >= 4 is 15.9 Å². The second kappa shape index (κ2) is 8.27. The highest BCUT2D eigenvalue weighted by Crippen LogP contribution is 2.26. The van der Waals surface area contributed by atoms with Crippen molar-refractivity contribution in [3.8, 4) is 0 Å². The quantitative estimate of drug-likeness (QED) is 0.761. The molecular weight excluding hydrogens is 392 g/mol. The molecule has 0 unspecified atom stereocenters. The lowest BCUT2D eigenvalue weighted by atomic mass is 9.98. The Labute approximate surface area is 172 Å². The summed E-state index contributed by atoms with van der Waals surface area (Å²) in [5.41, 5.74) is 2.32. The number of rotatable bonds is 6. The summed E-state index contributed by atoms with van der Waals surface area (Å²) < 4.78 is 31.0. The van der Waals surface area contributed by atoms with Gasteiger partial charge in [-0.1, -0.05) is 0 Å². The van der Waals surface area contributed by atoms with Gasteiger partial charge in [0.1, 0.15) is 4.90 Å². The number of aromatic nitrogens is 4. The number of hydrogen-bond acceptors (Lipinski definition) is 5. The zero-order valence-corrected chi connectivity index (χ0v) is 18.5. The maximum atomic E-state index is 13.1. The van der Waals surface area contributed by atoms with Crippen LogP contribution in [0.3, 0.4) is 0 Å². The number of amides is 1. The lowest BCUT2D eigenvalue weighted by molar-refractivity contribution is -0.126. The van der Waals surface area contributed by atoms with Crippen molar-refractivity contribution in [1.82, 2.24) is 29.2 Å². The number of carbonyl (C=O) groups excluding carboxylic acids is 1. The standard InChI is InChI=1S/C19H30N6O3S/c1-6-24-12-18(15(4)22-24)29(27,28)25-9-7-8-16(10-25)19(26)20-13(2)17-11-23(5)21-14(17)3/h11-13,16H,6-10H2,1-5H3,(H,20,26)/t13-,16-/m0/s1. The van der Waals surface area contributed by atoms with E-state index in [2.05, 4.69) is 15.5 Å². The molecular formula is C19H30N6O3S. The van der Waals surface area contributed by atoms with Gasteiger partial charge in [-0.2, -0.15) is 14.5 Å². The number of hydrogen-bond donors (Lipinski definition) is 1.